The Bertz CT molecular complexity index is 2060. The highest BCUT2D eigenvalue weighted by atomic mass is 16.5. The highest BCUT2D eigenvalue weighted by Crippen LogP contribution is 2.38. The van der Waals surface area contributed by atoms with Gasteiger partial charge in [0.25, 0.3) is 0 Å². The van der Waals surface area contributed by atoms with E-state index in [0.29, 0.717) is 5.56 Å². The second kappa shape index (κ2) is 9.96. The summed E-state index contributed by atoms with van der Waals surface area (Å²) >= 11 is 0. The number of nitrogens with two attached hydrogens (primary N) is 1. The maximum atomic E-state index is 7.64. The summed E-state index contributed by atoms with van der Waals surface area (Å²) in [6, 6.07) is 46.2. The summed E-state index contributed by atoms with van der Waals surface area (Å²) < 4.78 is 6.35. The minimum atomic E-state index is 0.0688. The van der Waals surface area contributed by atoms with E-state index in [1.807, 2.05) is 48.5 Å². The summed E-state index contributed by atoms with van der Waals surface area (Å²) in [6.07, 6.45) is 0. The zero-order valence-corrected chi connectivity index (χ0v) is 22.7. The number of benzene rings is 7. The largest absolute Gasteiger partial charge is 0.457 e. The molecule has 3 nitrogen and oxygen atoms in total. The third kappa shape index (κ3) is 4.38. The first-order valence-corrected chi connectivity index (χ1v) is 13.7. The van der Waals surface area contributed by atoms with Gasteiger partial charge in [-0.15, -0.1) is 0 Å². The lowest BCUT2D eigenvalue weighted by molar-refractivity contribution is 0.479. The van der Waals surface area contributed by atoms with Gasteiger partial charge in [-0.2, -0.15) is 0 Å². The SMILES string of the molecule is Cc1c(Oc2ccc(-c3ccc4c5ccccc5c5ccccc5c4c3)cc2)cccc1-c1ccc(C(=N)N)cc1. The van der Waals surface area contributed by atoms with Crippen molar-refractivity contribution in [2.24, 2.45) is 5.73 Å². The molecule has 3 N–H and O–H groups in total. The molecule has 7 aromatic carbocycles. The van der Waals surface area contributed by atoms with Crippen LogP contribution in [0, 0.1) is 12.3 Å². The number of rotatable bonds is 5. The molecule has 0 spiro atoms. The van der Waals surface area contributed by atoms with E-state index in [-0.39, 0.29) is 5.84 Å². The van der Waals surface area contributed by atoms with Crippen LogP contribution < -0.4 is 10.5 Å². The van der Waals surface area contributed by atoms with E-state index in [0.717, 1.165) is 33.8 Å². The van der Waals surface area contributed by atoms with Crippen LogP contribution in [-0.4, -0.2) is 5.84 Å². The molecule has 0 aromatic heterocycles. The van der Waals surface area contributed by atoms with Crippen LogP contribution in [0.1, 0.15) is 11.1 Å². The van der Waals surface area contributed by atoms with Gasteiger partial charge >= 0.3 is 0 Å². The smallest absolute Gasteiger partial charge is 0.130 e. The normalized spacial score (nSPS) is 11.2. The Kier molecular flexibility index (Phi) is 5.98. The van der Waals surface area contributed by atoms with Crippen molar-refractivity contribution in [3.63, 3.8) is 0 Å². The van der Waals surface area contributed by atoms with E-state index in [1.165, 1.54) is 37.9 Å². The zero-order valence-electron chi connectivity index (χ0n) is 22.7. The molecule has 0 bridgehead atoms. The summed E-state index contributed by atoms with van der Waals surface area (Å²) in [5.74, 6) is 1.67. The third-order valence-corrected chi connectivity index (χ3v) is 7.95. The Balaban J connectivity index is 1.21. The Morgan fingerprint density at radius 3 is 1.68 bits per heavy atom. The average molecular weight is 529 g/mol. The Morgan fingerprint density at radius 1 is 0.537 bits per heavy atom. The first kappa shape index (κ1) is 24.6. The molecule has 0 fully saturated rings. The van der Waals surface area contributed by atoms with Gasteiger partial charge in [0, 0.05) is 5.56 Å². The van der Waals surface area contributed by atoms with Crippen LogP contribution in [0.3, 0.4) is 0 Å². The van der Waals surface area contributed by atoms with Gasteiger partial charge in [-0.1, -0.05) is 109 Å². The van der Waals surface area contributed by atoms with Crippen LogP contribution in [0.4, 0.5) is 0 Å². The van der Waals surface area contributed by atoms with E-state index in [4.69, 9.17) is 15.9 Å². The molecule has 0 unspecified atom stereocenters. The number of amidine groups is 1. The predicted octanol–water partition coefficient (Wildman–Crippen LogP) is 9.86. The van der Waals surface area contributed by atoms with Crippen molar-refractivity contribution in [3.8, 4) is 33.8 Å². The highest BCUT2D eigenvalue weighted by molar-refractivity contribution is 6.25. The summed E-state index contributed by atoms with van der Waals surface area (Å²) in [5, 5.41) is 15.3. The molecule has 196 valence electrons. The Morgan fingerprint density at radius 2 is 1.07 bits per heavy atom. The standard InChI is InChI=1S/C38H28N2O/c1-24-30(26-13-15-27(16-14-26)38(39)40)11-6-12-37(24)41-29-20-17-25(18-21-29)28-19-22-35-33-9-3-2-7-31(33)32-8-4-5-10-34(32)36(35)23-28/h2-23H,1H3,(H3,39,40). The summed E-state index contributed by atoms with van der Waals surface area (Å²) in [7, 11) is 0. The number of hydrogen-bond donors (Lipinski definition) is 2. The maximum absolute atomic E-state index is 7.64. The summed E-state index contributed by atoms with van der Waals surface area (Å²) in [5.41, 5.74) is 11.9. The molecule has 0 radical (unpaired) electrons. The van der Waals surface area contributed by atoms with Crippen LogP contribution in [-0.2, 0) is 0 Å². The van der Waals surface area contributed by atoms with Gasteiger partial charge in [0.1, 0.15) is 17.3 Å². The lowest BCUT2D eigenvalue weighted by atomic mass is 9.92. The zero-order chi connectivity index (χ0) is 27.9. The van der Waals surface area contributed by atoms with Crippen molar-refractivity contribution < 1.29 is 4.74 Å². The van der Waals surface area contributed by atoms with Gasteiger partial charge in [-0.05, 0) is 91.3 Å². The molecular weight excluding hydrogens is 500 g/mol. The van der Waals surface area contributed by atoms with Gasteiger partial charge in [0.05, 0.1) is 0 Å². The molecule has 0 heterocycles. The fourth-order valence-corrected chi connectivity index (χ4v) is 5.80. The number of hydrogen-bond acceptors (Lipinski definition) is 2. The van der Waals surface area contributed by atoms with Crippen LogP contribution in [0.2, 0.25) is 0 Å². The van der Waals surface area contributed by atoms with Gasteiger partial charge < -0.3 is 10.5 Å². The van der Waals surface area contributed by atoms with Gasteiger partial charge in [0.2, 0.25) is 0 Å². The van der Waals surface area contributed by atoms with Crippen molar-refractivity contribution >= 4 is 38.2 Å². The first-order chi connectivity index (χ1) is 20.1. The summed E-state index contributed by atoms with van der Waals surface area (Å²) in [4.78, 5) is 0. The number of nitrogen functional groups attached to an aromatic ring is 1. The Hall–Kier alpha value is -5.41. The lowest BCUT2D eigenvalue weighted by Crippen LogP contribution is -2.10. The number of nitrogens with one attached hydrogen (secondary N) is 1. The predicted molar refractivity (Wildman–Crippen MR) is 172 cm³/mol. The second-order valence-corrected chi connectivity index (χ2v) is 10.4. The Labute approximate surface area is 239 Å². The van der Waals surface area contributed by atoms with Gasteiger partial charge in [-0.25, -0.2) is 0 Å². The van der Waals surface area contributed by atoms with Crippen molar-refractivity contribution in [2.75, 3.05) is 0 Å². The van der Waals surface area contributed by atoms with Crippen LogP contribution in [0.25, 0.3) is 54.6 Å². The molecule has 0 atom stereocenters. The fraction of sp³-hybridized carbons (Fsp3) is 0.0263. The van der Waals surface area contributed by atoms with Crippen LogP contribution in [0.15, 0.2) is 133 Å². The second-order valence-electron chi connectivity index (χ2n) is 10.4. The van der Waals surface area contributed by atoms with Crippen molar-refractivity contribution in [2.45, 2.75) is 6.92 Å². The molecule has 7 aromatic rings. The van der Waals surface area contributed by atoms with Crippen LogP contribution in [0.5, 0.6) is 11.5 Å². The van der Waals surface area contributed by atoms with E-state index in [2.05, 4.69) is 91.9 Å². The molecule has 0 amide bonds. The van der Waals surface area contributed by atoms with Crippen molar-refractivity contribution in [1.82, 2.24) is 0 Å². The maximum Gasteiger partial charge on any atom is 0.130 e. The monoisotopic (exact) mass is 528 g/mol. The van der Waals surface area contributed by atoms with Gasteiger partial charge in [-0.3, -0.25) is 5.41 Å². The molecular formula is C38H28N2O. The highest BCUT2D eigenvalue weighted by Gasteiger charge is 2.11. The van der Waals surface area contributed by atoms with Crippen molar-refractivity contribution in [3.05, 3.63) is 145 Å². The van der Waals surface area contributed by atoms with E-state index < -0.39 is 0 Å². The summed E-state index contributed by atoms with van der Waals surface area (Å²) in [6.45, 7) is 2.07. The molecule has 41 heavy (non-hydrogen) atoms. The van der Waals surface area contributed by atoms with E-state index in [9.17, 15) is 0 Å². The number of fused-ring (bicyclic) bond motifs is 6. The molecule has 0 saturated carbocycles. The van der Waals surface area contributed by atoms with E-state index in [1.54, 1.807) is 0 Å². The number of ether oxygens (including phenoxy) is 1. The van der Waals surface area contributed by atoms with Crippen LogP contribution >= 0.6 is 0 Å². The minimum Gasteiger partial charge on any atom is -0.457 e. The topological polar surface area (TPSA) is 59.1 Å². The lowest BCUT2D eigenvalue weighted by Gasteiger charge is -2.14. The fourth-order valence-electron chi connectivity index (χ4n) is 5.80. The first-order valence-electron chi connectivity index (χ1n) is 13.7. The molecule has 7 rings (SSSR count). The minimum absolute atomic E-state index is 0.0688. The third-order valence-electron chi connectivity index (χ3n) is 7.95. The molecule has 0 aliphatic rings. The van der Waals surface area contributed by atoms with E-state index >= 15 is 0 Å². The molecule has 0 aliphatic carbocycles. The molecule has 0 saturated heterocycles. The molecule has 3 heteroatoms. The quantitative estimate of drug-likeness (QED) is 0.133. The molecule has 0 aliphatic heterocycles. The van der Waals surface area contributed by atoms with Crippen molar-refractivity contribution in [1.29, 1.82) is 5.41 Å². The average Bonchev–Trinajstić information content (AvgIpc) is 3.02. The van der Waals surface area contributed by atoms with Gasteiger partial charge in [0.15, 0.2) is 0 Å².